The Morgan fingerprint density at radius 1 is 0.864 bits per heavy atom. The van der Waals surface area contributed by atoms with Gasteiger partial charge in [0.25, 0.3) is 0 Å². The predicted octanol–water partition coefficient (Wildman–Crippen LogP) is 4.54. The van der Waals surface area contributed by atoms with E-state index in [0.717, 1.165) is 10.8 Å². The molecule has 3 aromatic rings. The fraction of sp³-hybridized carbons (Fsp3) is 0. The number of hydrogen-bond acceptors (Lipinski definition) is 4. The van der Waals surface area contributed by atoms with Crippen LogP contribution in [0, 0.1) is 0 Å². The molecule has 0 fully saturated rings. The van der Waals surface area contributed by atoms with E-state index in [9.17, 15) is 9.32 Å². The molecule has 6 heteroatoms. The van der Waals surface area contributed by atoms with Crippen molar-refractivity contribution in [2.24, 2.45) is 10.2 Å². The average molecular weight is 312 g/mol. The molecule has 0 aliphatic carbocycles. The van der Waals surface area contributed by atoms with Gasteiger partial charge in [-0.05, 0) is 35.7 Å². The molecular formula is C16H12N2O3S. The van der Waals surface area contributed by atoms with Gasteiger partial charge in [0.05, 0.1) is 10.6 Å². The van der Waals surface area contributed by atoms with E-state index < -0.39 is 11.1 Å². The standard InChI is InChI=1S/C16H12N2O3S/c19-15-10-5-11-3-1-2-4-14(11)16(15)18-17-12-6-8-13(9-7-12)22(20)21/h1-10,19H,(H,20,21)/b18-17+. The highest BCUT2D eigenvalue weighted by atomic mass is 32.2. The van der Waals surface area contributed by atoms with E-state index in [1.54, 1.807) is 18.2 Å². The van der Waals surface area contributed by atoms with Crippen molar-refractivity contribution in [3.63, 3.8) is 0 Å². The first-order valence-corrected chi connectivity index (χ1v) is 7.59. The Morgan fingerprint density at radius 2 is 1.59 bits per heavy atom. The summed E-state index contributed by atoms with van der Waals surface area (Å²) >= 11 is -2.01. The molecule has 0 amide bonds. The Bertz CT molecular complexity index is 876. The highest BCUT2D eigenvalue weighted by Crippen LogP contribution is 2.35. The molecule has 22 heavy (non-hydrogen) atoms. The van der Waals surface area contributed by atoms with Gasteiger partial charge in [0.2, 0.25) is 0 Å². The second-order valence-corrected chi connectivity index (χ2v) is 5.57. The van der Waals surface area contributed by atoms with Gasteiger partial charge in [0.15, 0.2) is 11.1 Å². The van der Waals surface area contributed by atoms with Crippen LogP contribution in [0.2, 0.25) is 0 Å². The predicted molar refractivity (Wildman–Crippen MR) is 85.3 cm³/mol. The van der Waals surface area contributed by atoms with Crippen molar-refractivity contribution in [3.05, 3.63) is 60.7 Å². The minimum absolute atomic E-state index is 0.0514. The van der Waals surface area contributed by atoms with Crippen LogP contribution in [0.15, 0.2) is 75.8 Å². The van der Waals surface area contributed by atoms with Crippen molar-refractivity contribution < 1.29 is 13.9 Å². The molecule has 1 atom stereocenters. The Kier molecular flexibility index (Phi) is 3.95. The number of phenols is 1. The summed E-state index contributed by atoms with van der Waals surface area (Å²) in [5.41, 5.74) is 0.925. The number of aromatic hydroxyl groups is 1. The lowest BCUT2D eigenvalue weighted by molar-refractivity contribution is 0.477. The molecule has 3 aromatic carbocycles. The fourth-order valence-electron chi connectivity index (χ4n) is 2.09. The maximum absolute atomic E-state index is 10.9. The van der Waals surface area contributed by atoms with Crippen LogP contribution in [0.3, 0.4) is 0 Å². The van der Waals surface area contributed by atoms with E-state index in [4.69, 9.17) is 4.55 Å². The van der Waals surface area contributed by atoms with Gasteiger partial charge in [-0.15, -0.1) is 5.11 Å². The summed E-state index contributed by atoms with van der Waals surface area (Å²) < 4.78 is 19.9. The van der Waals surface area contributed by atoms with Crippen LogP contribution in [-0.2, 0) is 11.1 Å². The molecule has 0 aliphatic heterocycles. The fourth-order valence-corrected chi connectivity index (χ4v) is 2.45. The zero-order valence-corrected chi connectivity index (χ0v) is 12.2. The lowest BCUT2D eigenvalue weighted by Gasteiger charge is -2.03. The molecule has 0 saturated carbocycles. The quantitative estimate of drug-likeness (QED) is 0.550. The minimum atomic E-state index is -2.01. The maximum Gasteiger partial charge on any atom is 0.186 e. The van der Waals surface area contributed by atoms with Gasteiger partial charge in [0.1, 0.15) is 11.4 Å². The smallest absolute Gasteiger partial charge is 0.186 e. The molecule has 0 aliphatic rings. The number of azo groups is 1. The largest absolute Gasteiger partial charge is 0.506 e. The summed E-state index contributed by atoms with van der Waals surface area (Å²) in [4.78, 5) is 0.298. The summed E-state index contributed by atoms with van der Waals surface area (Å²) in [5.74, 6) is 0.0514. The third kappa shape index (κ3) is 2.88. The van der Waals surface area contributed by atoms with Crippen LogP contribution < -0.4 is 0 Å². The summed E-state index contributed by atoms with van der Waals surface area (Å²) in [6, 6.07) is 17.2. The van der Waals surface area contributed by atoms with Crippen molar-refractivity contribution in [3.8, 4) is 5.75 Å². The van der Waals surface area contributed by atoms with Crippen molar-refractivity contribution in [1.82, 2.24) is 0 Å². The second kappa shape index (κ2) is 6.05. The highest BCUT2D eigenvalue weighted by molar-refractivity contribution is 7.79. The van der Waals surface area contributed by atoms with Crippen molar-refractivity contribution in [2.75, 3.05) is 0 Å². The first-order chi connectivity index (χ1) is 10.6. The Labute approximate surface area is 129 Å². The zero-order valence-electron chi connectivity index (χ0n) is 11.4. The van der Waals surface area contributed by atoms with Gasteiger partial charge < -0.3 is 9.66 Å². The first kappa shape index (κ1) is 14.4. The monoisotopic (exact) mass is 312 g/mol. The van der Waals surface area contributed by atoms with E-state index in [0.29, 0.717) is 16.3 Å². The number of rotatable bonds is 3. The van der Waals surface area contributed by atoms with Crippen molar-refractivity contribution in [1.29, 1.82) is 0 Å². The number of nitrogens with zero attached hydrogens (tertiary/aromatic N) is 2. The van der Waals surface area contributed by atoms with Gasteiger partial charge in [-0.1, -0.05) is 30.3 Å². The van der Waals surface area contributed by atoms with Gasteiger partial charge in [-0.3, -0.25) is 0 Å². The Morgan fingerprint density at radius 3 is 2.32 bits per heavy atom. The van der Waals surface area contributed by atoms with Crippen molar-refractivity contribution >= 4 is 33.2 Å². The highest BCUT2D eigenvalue weighted by Gasteiger charge is 2.06. The van der Waals surface area contributed by atoms with E-state index >= 15 is 0 Å². The number of fused-ring (bicyclic) bond motifs is 1. The zero-order chi connectivity index (χ0) is 15.5. The Hall–Kier alpha value is -2.57. The van der Waals surface area contributed by atoms with Crippen LogP contribution in [0.25, 0.3) is 10.8 Å². The normalized spacial score (nSPS) is 12.8. The molecule has 5 nitrogen and oxygen atoms in total. The molecular weight excluding hydrogens is 300 g/mol. The minimum Gasteiger partial charge on any atom is -0.506 e. The molecule has 0 bridgehead atoms. The van der Waals surface area contributed by atoms with Crippen LogP contribution in [0.4, 0.5) is 11.4 Å². The van der Waals surface area contributed by atoms with Crippen molar-refractivity contribution in [2.45, 2.75) is 4.90 Å². The van der Waals surface area contributed by atoms with E-state index in [-0.39, 0.29) is 5.75 Å². The molecule has 3 rings (SSSR count). The lowest BCUT2D eigenvalue weighted by atomic mass is 10.1. The van der Waals surface area contributed by atoms with Crippen LogP contribution in [0.1, 0.15) is 0 Å². The molecule has 0 aromatic heterocycles. The third-order valence-electron chi connectivity index (χ3n) is 3.18. The third-order valence-corrected chi connectivity index (χ3v) is 3.86. The SMILES string of the molecule is O=S(O)c1ccc(/N=N/c2c(O)ccc3ccccc23)cc1. The molecule has 0 saturated heterocycles. The van der Waals surface area contributed by atoms with E-state index in [1.165, 1.54) is 12.1 Å². The van der Waals surface area contributed by atoms with Gasteiger partial charge >= 0.3 is 0 Å². The molecule has 0 heterocycles. The summed E-state index contributed by atoms with van der Waals surface area (Å²) in [6.07, 6.45) is 0. The van der Waals surface area contributed by atoms with Gasteiger partial charge in [-0.2, -0.15) is 5.11 Å². The maximum atomic E-state index is 10.9. The number of phenolic OH excluding ortho intramolecular Hbond substituents is 1. The second-order valence-electron chi connectivity index (χ2n) is 4.60. The molecule has 1 unspecified atom stereocenters. The molecule has 0 spiro atoms. The van der Waals surface area contributed by atoms with E-state index in [1.807, 2.05) is 30.3 Å². The topological polar surface area (TPSA) is 82.2 Å². The first-order valence-electron chi connectivity index (χ1n) is 6.48. The molecule has 2 N–H and O–H groups in total. The number of benzene rings is 3. The molecule has 0 radical (unpaired) electrons. The summed E-state index contributed by atoms with van der Waals surface area (Å²) in [7, 11) is 0. The Balaban J connectivity index is 1.98. The van der Waals surface area contributed by atoms with Crippen LogP contribution >= 0.6 is 0 Å². The van der Waals surface area contributed by atoms with E-state index in [2.05, 4.69) is 10.2 Å². The number of hydrogen-bond donors (Lipinski definition) is 2. The van der Waals surface area contributed by atoms with Gasteiger partial charge in [0, 0.05) is 5.39 Å². The summed E-state index contributed by atoms with van der Waals surface area (Å²) in [5, 5.41) is 19.9. The summed E-state index contributed by atoms with van der Waals surface area (Å²) in [6.45, 7) is 0. The van der Waals surface area contributed by atoms with Gasteiger partial charge in [-0.25, -0.2) is 4.21 Å². The molecule has 110 valence electrons. The lowest BCUT2D eigenvalue weighted by Crippen LogP contribution is -1.85. The van der Waals surface area contributed by atoms with Crippen LogP contribution in [0.5, 0.6) is 5.75 Å². The van der Waals surface area contributed by atoms with Crippen LogP contribution in [-0.4, -0.2) is 13.9 Å². The average Bonchev–Trinajstić information content (AvgIpc) is 2.54.